The average molecular weight is 349 g/mol. The van der Waals surface area contributed by atoms with Crippen molar-refractivity contribution in [3.05, 3.63) is 40.9 Å². The van der Waals surface area contributed by atoms with Crippen molar-refractivity contribution < 1.29 is 9.53 Å². The van der Waals surface area contributed by atoms with Gasteiger partial charge in [-0.1, -0.05) is 24.1 Å². The smallest absolute Gasteiger partial charge is 0.261 e. The van der Waals surface area contributed by atoms with Crippen LogP contribution < -0.4 is 10.1 Å². The quantitative estimate of drug-likeness (QED) is 0.902. The first-order chi connectivity index (χ1) is 11.6. The molecule has 1 atom stereocenters. The zero-order chi connectivity index (χ0) is 16.9. The van der Waals surface area contributed by atoms with E-state index in [-0.39, 0.29) is 5.91 Å². The van der Waals surface area contributed by atoms with Gasteiger partial charge in [-0.3, -0.25) is 4.79 Å². The molecular formula is C17H21ClN4O2. The lowest BCUT2D eigenvalue weighted by Crippen LogP contribution is -2.36. The fourth-order valence-corrected chi connectivity index (χ4v) is 2.96. The van der Waals surface area contributed by atoms with Crippen molar-refractivity contribution in [3.63, 3.8) is 0 Å². The van der Waals surface area contributed by atoms with Crippen molar-refractivity contribution in [1.29, 1.82) is 0 Å². The summed E-state index contributed by atoms with van der Waals surface area (Å²) in [6.07, 6.45) is 3.82. The van der Waals surface area contributed by atoms with Gasteiger partial charge in [0.1, 0.15) is 11.6 Å². The van der Waals surface area contributed by atoms with Crippen LogP contribution in [0.5, 0.6) is 5.75 Å². The standard InChI is InChI=1S/C17H21ClN4O2/c1-12(24-14-7-5-6-13(18)10-14)17(23)19-11-16-21-20-15-8-3-2-4-9-22(15)16/h5-7,10,12H,2-4,8-9,11H2,1H3,(H,19,23). The fraction of sp³-hybridized carbons (Fsp3) is 0.471. The van der Waals surface area contributed by atoms with Gasteiger partial charge in [0.2, 0.25) is 0 Å². The Morgan fingerprint density at radius 2 is 2.25 bits per heavy atom. The number of amides is 1. The van der Waals surface area contributed by atoms with Crippen LogP contribution in [0.15, 0.2) is 24.3 Å². The molecule has 0 radical (unpaired) electrons. The number of rotatable bonds is 5. The zero-order valence-electron chi connectivity index (χ0n) is 13.7. The van der Waals surface area contributed by atoms with Crippen LogP contribution in [0.25, 0.3) is 0 Å². The number of nitrogens with one attached hydrogen (secondary N) is 1. The summed E-state index contributed by atoms with van der Waals surface area (Å²) in [5, 5.41) is 11.9. The van der Waals surface area contributed by atoms with Gasteiger partial charge in [0.05, 0.1) is 6.54 Å². The maximum Gasteiger partial charge on any atom is 0.261 e. The minimum atomic E-state index is -0.616. The molecule has 7 heteroatoms. The van der Waals surface area contributed by atoms with Crippen molar-refractivity contribution in [2.24, 2.45) is 0 Å². The van der Waals surface area contributed by atoms with Gasteiger partial charge in [-0.05, 0) is 38.0 Å². The summed E-state index contributed by atoms with van der Waals surface area (Å²) in [5.41, 5.74) is 0. The largest absolute Gasteiger partial charge is 0.481 e. The Labute approximate surface area is 146 Å². The number of benzene rings is 1. The van der Waals surface area contributed by atoms with E-state index in [1.165, 1.54) is 6.42 Å². The normalized spacial score (nSPS) is 15.2. The summed E-state index contributed by atoms with van der Waals surface area (Å²) in [5.74, 6) is 2.19. The van der Waals surface area contributed by atoms with Gasteiger partial charge in [0, 0.05) is 18.0 Å². The molecule has 24 heavy (non-hydrogen) atoms. The van der Waals surface area contributed by atoms with Crippen LogP contribution in [-0.4, -0.2) is 26.8 Å². The van der Waals surface area contributed by atoms with E-state index in [0.29, 0.717) is 17.3 Å². The minimum Gasteiger partial charge on any atom is -0.481 e. The molecule has 0 spiro atoms. The molecule has 6 nitrogen and oxygen atoms in total. The first-order valence-electron chi connectivity index (χ1n) is 8.24. The van der Waals surface area contributed by atoms with E-state index in [9.17, 15) is 4.79 Å². The van der Waals surface area contributed by atoms with Gasteiger partial charge >= 0.3 is 0 Å². The molecule has 1 aromatic heterocycles. The number of carbonyl (C=O) groups is 1. The lowest BCUT2D eigenvalue weighted by molar-refractivity contribution is -0.127. The lowest BCUT2D eigenvalue weighted by atomic mass is 10.2. The van der Waals surface area contributed by atoms with Crippen LogP contribution in [0.2, 0.25) is 5.02 Å². The highest BCUT2D eigenvalue weighted by Gasteiger charge is 2.18. The van der Waals surface area contributed by atoms with E-state index in [0.717, 1.165) is 37.5 Å². The van der Waals surface area contributed by atoms with Crippen molar-refractivity contribution >= 4 is 17.5 Å². The Bertz CT molecular complexity index is 716. The molecule has 0 aliphatic carbocycles. The number of hydrogen-bond donors (Lipinski definition) is 1. The number of nitrogens with zero attached hydrogens (tertiary/aromatic N) is 3. The third kappa shape index (κ3) is 4.06. The molecule has 128 valence electrons. The van der Waals surface area contributed by atoms with Crippen molar-refractivity contribution in [2.45, 2.75) is 51.8 Å². The van der Waals surface area contributed by atoms with E-state index < -0.39 is 6.10 Å². The van der Waals surface area contributed by atoms with E-state index in [4.69, 9.17) is 16.3 Å². The number of fused-ring (bicyclic) bond motifs is 1. The van der Waals surface area contributed by atoms with Crippen molar-refractivity contribution in [2.75, 3.05) is 0 Å². The Kier molecular flexibility index (Phi) is 5.35. The molecule has 1 unspecified atom stereocenters. The third-order valence-corrected chi connectivity index (χ3v) is 4.32. The number of ether oxygens (including phenoxy) is 1. The Morgan fingerprint density at radius 3 is 3.08 bits per heavy atom. The molecule has 1 aliphatic rings. The topological polar surface area (TPSA) is 69.0 Å². The summed E-state index contributed by atoms with van der Waals surface area (Å²) in [4.78, 5) is 12.2. The Balaban J connectivity index is 1.56. The number of halogens is 1. The number of aryl methyl sites for hydroxylation is 1. The summed E-state index contributed by atoms with van der Waals surface area (Å²) in [6.45, 7) is 2.98. The van der Waals surface area contributed by atoms with Gasteiger partial charge in [0.25, 0.3) is 5.91 Å². The Morgan fingerprint density at radius 1 is 1.38 bits per heavy atom. The molecule has 1 aliphatic heterocycles. The molecule has 1 amide bonds. The van der Waals surface area contributed by atoms with E-state index in [2.05, 4.69) is 20.1 Å². The van der Waals surface area contributed by atoms with Crippen molar-refractivity contribution in [1.82, 2.24) is 20.1 Å². The second kappa shape index (κ2) is 7.66. The second-order valence-electron chi connectivity index (χ2n) is 5.93. The minimum absolute atomic E-state index is 0.194. The number of hydrogen-bond acceptors (Lipinski definition) is 4. The van der Waals surface area contributed by atoms with Gasteiger partial charge in [-0.25, -0.2) is 0 Å². The predicted octanol–water partition coefficient (Wildman–Crippen LogP) is 2.74. The zero-order valence-corrected chi connectivity index (χ0v) is 14.4. The average Bonchev–Trinajstić information content (AvgIpc) is 2.79. The molecule has 2 aromatic rings. The SMILES string of the molecule is CC(Oc1cccc(Cl)c1)C(=O)NCc1nnc2n1CCCCC2. The van der Waals surface area contributed by atoms with Crippen LogP contribution >= 0.6 is 11.6 Å². The fourth-order valence-electron chi connectivity index (χ4n) is 2.78. The lowest BCUT2D eigenvalue weighted by Gasteiger charge is -2.15. The highest BCUT2D eigenvalue weighted by atomic mass is 35.5. The molecule has 1 N–H and O–H groups in total. The van der Waals surface area contributed by atoms with E-state index in [1.54, 1.807) is 31.2 Å². The second-order valence-corrected chi connectivity index (χ2v) is 6.37. The van der Waals surface area contributed by atoms with Crippen LogP contribution in [0, 0.1) is 0 Å². The molecule has 1 aromatic carbocycles. The third-order valence-electron chi connectivity index (χ3n) is 4.09. The molecular weight excluding hydrogens is 328 g/mol. The molecule has 2 heterocycles. The predicted molar refractivity (Wildman–Crippen MR) is 91.0 cm³/mol. The maximum absolute atomic E-state index is 12.2. The Hall–Kier alpha value is -2.08. The summed E-state index contributed by atoms with van der Waals surface area (Å²) < 4.78 is 7.74. The van der Waals surface area contributed by atoms with E-state index in [1.807, 2.05) is 0 Å². The van der Waals surface area contributed by atoms with Crippen LogP contribution in [-0.2, 0) is 24.3 Å². The van der Waals surface area contributed by atoms with Gasteiger partial charge in [-0.2, -0.15) is 0 Å². The monoisotopic (exact) mass is 348 g/mol. The highest BCUT2D eigenvalue weighted by Crippen LogP contribution is 2.18. The van der Waals surface area contributed by atoms with Gasteiger partial charge < -0.3 is 14.6 Å². The molecule has 0 saturated heterocycles. The number of aromatic nitrogens is 3. The van der Waals surface area contributed by atoms with Gasteiger partial charge in [-0.15, -0.1) is 10.2 Å². The first-order valence-corrected chi connectivity index (χ1v) is 8.62. The number of carbonyl (C=O) groups excluding carboxylic acids is 1. The molecule has 3 rings (SSSR count). The van der Waals surface area contributed by atoms with Crippen LogP contribution in [0.1, 0.15) is 37.8 Å². The van der Waals surface area contributed by atoms with Crippen LogP contribution in [0.3, 0.4) is 0 Å². The summed E-state index contributed by atoms with van der Waals surface area (Å²) >= 11 is 5.92. The highest BCUT2D eigenvalue weighted by molar-refractivity contribution is 6.30. The first kappa shape index (κ1) is 16.8. The maximum atomic E-state index is 12.2. The summed E-state index contributed by atoms with van der Waals surface area (Å²) in [7, 11) is 0. The van der Waals surface area contributed by atoms with E-state index >= 15 is 0 Å². The van der Waals surface area contributed by atoms with Gasteiger partial charge in [0.15, 0.2) is 11.9 Å². The molecule has 0 bridgehead atoms. The molecule has 0 fully saturated rings. The van der Waals surface area contributed by atoms with Crippen LogP contribution in [0.4, 0.5) is 0 Å². The summed E-state index contributed by atoms with van der Waals surface area (Å²) in [6, 6.07) is 7.00. The van der Waals surface area contributed by atoms with Crippen molar-refractivity contribution in [3.8, 4) is 5.75 Å². The molecule has 0 saturated carbocycles.